The molecule has 8 heteroatoms. The van der Waals surface area contributed by atoms with E-state index in [0.717, 1.165) is 5.56 Å². The van der Waals surface area contributed by atoms with Crippen molar-refractivity contribution in [2.75, 3.05) is 13.2 Å². The fourth-order valence-electron chi connectivity index (χ4n) is 4.46. The van der Waals surface area contributed by atoms with Crippen LogP contribution in [0.25, 0.3) is 11.1 Å². The van der Waals surface area contributed by atoms with Crippen molar-refractivity contribution in [1.29, 1.82) is 0 Å². The molecule has 0 radical (unpaired) electrons. The second-order valence-electron chi connectivity index (χ2n) is 8.91. The summed E-state index contributed by atoms with van der Waals surface area (Å²) < 4.78 is 10.6. The Kier molecular flexibility index (Phi) is 9.49. The molecule has 0 spiro atoms. The number of rotatable bonds is 12. The number of ether oxygens (including phenoxy) is 2. The lowest BCUT2D eigenvalue weighted by molar-refractivity contribution is -0.384. The zero-order chi connectivity index (χ0) is 27.7. The number of aryl methyl sites for hydroxylation is 2. The van der Waals surface area contributed by atoms with Gasteiger partial charge in [-0.05, 0) is 68.0 Å². The van der Waals surface area contributed by atoms with E-state index in [1.165, 1.54) is 12.1 Å². The van der Waals surface area contributed by atoms with Crippen molar-refractivity contribution in [3.63, 3.8) is 0 Å². The highest BCUT2D eigenvalue weighted by Crippen LogP contribution is 2.37. The zero-order valence-electron chi connectivity index (χ0n) is 21.8. The second-order valence-corrected chi connectivity index (χ2v) is 8.91. The molecular weight excluding hydrogens is 486 g/mol. The summed E-state index contributed by atoms with van der Waals surface area (Å²) in [5.74, 6) is -2.02. The van der Waals surface area contributed by atoms with Gasteiger partial charge in [0, 0.05) is 24.1 Å². The number of hydrogen-bond acceptors (Lipinski definition) is 7. The highest BCUT2D eigenvalue weighted by atomic mass is 16.6. The lowest BCUT2D eigenvalue weighted by atomic mass is 9.75. The molecule has 8 nitrogen and oxygen atoms in total. The van der Waals surface area contributed by atoms with Gasteiger partial charge in [0.25, 0.3) is 5.69 Å². The molecule has 198 valence electrons. The Balaban J connectivity index is 2.07. The van der Waals surface area contributed by atoms with Crippen LogP contribution in [0.3, 0.4) is 0 Å². The SMILES string of the molecule is CCOC(=O)C(CCc1ccccc1)(CC(=O)c1c(C)cccc1-c1ccc([N+](=O)[O-])cc1)C(=O)OCC. The van der Waals surface area contributed by atoms with E-state index < -0.39 is 34.5 Å². The molecule has 3 aromatic carbocycles. The van der Waals surface area contributed by atoms with E-state index in [1.807, 2.05) is 30.3 Å². The maximum atomic E-state index is 14.0. The first-order valence-electron chi connectivity index (χ1n) is 12.5. The maximum absolute atomic E-state index is 14.0. The molecule has 0 fully saturated rings. The molecule has 3 rings (SSSR count). The first-order valence-corrected chi connectivity index (χ1v) is 12.5. The summed E-state index contributed by atoms with van der Waals surface area (Å²) in [5, 5.41) is 11.1. The van der Waals surface area contributed by atoms with Crippen molar-refractivity contribution < 1.29 is 28.8 Å². The Labute approximate surface area is 221 Å². The third-order valence-electron chi connectivity index (χ3n) is 6.42. The number of carbonyl (C=O) groups excluding carboxylic acids is 3. The molecule has 3 aromatic rings. The van der Waals surface area contributed by atoms with Gasteiger partial charge in [0.15, 0.2) is 11.2 Å². The van der Waals surface area contributed by atoms with Gasteiger partial charge < -0.3 is 9.47 Å². The first kappa shape index (κ1) is 28.2. The smallest absolute Gasteiger partial charge is 0.323 e. The number of non-ortho nitro benzene ring substituents is 1. The highest BCUT2D eigenvalue weighted by Gasteiger charge is 2.50. The molecule has 0 saturated heterocycles. The fourth-order valence-corrected chi connectivity index (χ4v) is 4.46. The van der Waals surface area contributed by atoms with Crippen molar-refractivity contribution in [3.05, 3.63) is 99.6 Å². The number of ketones is 1. The number of Topliss-reactive ketones (excluding diaryl/α,β-unsaturated/α-hetero) is 1. The minimum absolute atomic E-state index is 0.0270. The predicted molar refractivity (Wildman–Crippen MR) is 143 cm³/mol. The quantitative estimate of drug-likeness (QED) is 0.0968. The summed E-state index contributed by atoms with van der Waals surface area (Å²) in [7, 11) is 0. The molecular formula is C30H31NO7. The molecule has 0 bridgehead atoms. The van der Waals surface area contributed by atoms with Crippen molar-refractivity contribution in [2.45, 2.75) is 40.0 Å². The molecule has 38 heavy (non-hydrogen) atoms. The van der Waals surface area contributed by atoms with E-state index in [0.29, 0.717) is 28.7 Å². The average molecular weight is 518 g/mol. The average Bonchev–Trinajstić information content (AvgIpc) is 2.91. The minimum atomic E-state index is -1.84. The highest BCUT2D eigenvalue weighted by molar-refractivity contribution is 6.10. The zero-order valence-corrected chi connectivity index (χ0v) is 21.8. The van der Waals surface area contributed by atoms with E-state index >= 15 is 0 Å². The van der Waals surface area contributed by atoms with Crippen LogP contribution in [0, 0.1) is 22.5 Å². The molecule has 0 saturated carbocycles. The van der Waals surface area contributed by atoms with Crippen molar-refractivity contribution in [3.8, 4) is 11.1 Å². The van der Waals surface area contributed by atoms with Crippen LogP contribution in [0.15, 0.2) is 72.8 Å². The largest absolute Gasteiger partial charge is 0.465 e. The topological polar surface area (TPSA) is 113 Å². The van der Waals surface area contributed by atoms with Gasteiger partial charge in [0.1, 0.15) is 0 Å². The summed E-state index contributed by atoms with van der Waals surface area (Å²) in [6.07, 6.45) is -0.0593. The lowest BCUT2D eigenvalue weighted by Crippen LogP contribution is -2.44. The van der Waals surface area contributed by atoms with Crippen LogP contribution in [0.2, 0.25) is 0 Å². The molecule has 0 aliphatic carbocycles. The van der Waals surface area contributed by atoms with Gasteiger partial charge in [-0.2, -0.15) is 0 Å². The number of nitro groups is 1. The van der Waals surface area contributed by atoms with E-state index in [-0.39, 0.29) is 25.3 Å². The van der Waals surface area contributed by atoms with Crippen LogP contribution in [0.5, 0.6) is 0 Å². The third-order valence-corrected chi connectivity index (χ3v) is 6.42. The van der Waals surface area contributed by atoms with E-state index in [9.17, 15) is 24.5 Å². The molecule has 0 atom stereocenters. The molecule has 0 heterocycles. The van der Waals surface area contributed by atoms with E-state index in [2.05, 4.69) is 0 Å². The number of benzene rings is 3. The Morgan fingerprint density at radius 1 is 0.842 bits per heavy atom. The molecule has 0 aromatic heterocycles. The normalized spacial score (nSPS) is 11.0. The summed E-state index contributed by atoms with van der Waals surface area (Å²) >= 11 is 0. The fraction of sp³-hybridized carbons (Fsp3) is 0.300. The Bertz CT molecular complexity index is 1280. The van der Waals surface area contributed by atoms with E-state index in [1.54, 1.807) is 51.1 Å². The molecule has 0 N–H and O–H groups in total. The standard InChI is InChI=1S/C30H31NO7/c1-4-37-28(33)30(29(34)38-5-2,19-18-22-11-7-6-8-12-22)20-26(32)27-21(3)10-9-13-25(27)23-14-16-24(17-15-23)31(35)36/h6-17H,4-5,18-20H2,1-3H3. The molecule has 0 unspecified atom stereocenters. The van der Waals surface area contributed by atoms with Crippen LogP contribution in [0.1, 0.15) is 48.2 Å². The van der Waals surface area contributed by atoms with Crippen molar-refractivity contribution in [1.82, 2.24) is 0 Å². The Morgan fingerprint density at radius 2 is 1.45 bits per heavy atom. The predicted octanol–water partition coefficient (Wildman–Crippen LogP) is 5.89. The number of nitrogens with zero attached hydrogens (tertiary/aromatic N) is 1. The van der Waals surface area contributed by atoms with Crippen LogP contribution in [-0.4, -0.2) is 35.9 Å². The van der Waals surface area contributed by atoms with Gasteiger partial charge in [-0.25, -0.2) is 0 Å². The van der Waals surface area contributed by atoms with Gasteiger partial charge in [0.05, 0.1) is 18.1 Å². The number of nitro benzene ring substituents is 1. The van der Waals surface area contributed by atoms with E-state index in [4.69, 9.17) is 9.47 Å². The van der Waals surface area contributed by atoms with Crippen LogP contribution in [-0.2, 0) is 25.5 Å². The van der Waals surface area contributed by atoms with Crippen LogP contribution in [0.4, 0.5) is 5.69 Å². The molecule has 0 amide bonds. The van der Waals surface area contributed by atoms with Gasteiger partial charge in [-0.15, -0.1) is 0 Å². The number of esters is 2. The van der Waals surface area contributed by atoms with Crippen LogP contribution < -0.4 is 0 Å². The Morgan fingerprint density at radius 3 is 2.00 bits per heavy atom. The first-order chi connectivity index (χ1) is 18.2. The monoisotopic (exact) mass is 517 g/mol. The maximum Gasteiger partial charge on any atom is 0.323 e. The molecule has 0 aliphatic rings. The summed E-state index contributed by atoms with van der Waals surface area (Å²) in [6.45, 7) is 5.13. The summed E-state index contributed by atoms with van der Waals surface area (Å²) in [5.41, 5.74) is 1.13. The number of hydrogen-bond donors (Lipinski definition) is 0. The van der Waals surface area contributed by atoms with Crippen molar-refractivity contribution >= 4 is 23.4 Å². The number of carbonyl (C=O) groups is 3. The van der Waals surface area contributed by atoms with Gasteiger partial charge in [-0.1, -0.05) is 48.5 Å². The minimum Gasteiger partial charge on any atom is -0.465 e. The van der Waals surface area contributed by atoms with Gasteiger partial charge in [0.2, 0.25) is 0 Å². The second kappa shape index (κ2) is 12.8. The van der Waals surface area contributed by atoms with Gasteiger partial charge in [-0.3, -0.25) is 24.5 Å². The third kappa shape index (κ3) is 6.32. The summed E-state index contributed by atoms with van der Waals surface area (Å²) in [6, 6.07) is 20.5. The Hall–Kier alpha value is -4.33. The lowest BCUT2D eigenvalue weighted by Gasteiger charge is -2.29. The van der Waals surface area contributed by atoms with Gasteiger partial charge >= 0.3 is 11.9 Å². The van der Waals surface area contributed by atoms with Crippen LogP contribution >= 0.6 is 0 Å². The van der Waals surface area contributed by atoms with Crippen molar-refractivity contribution in [2.24, 2.45) is 5.41 Å². The molecule has 0 aliphatic heterocycles. The summed E-state index contributed by atoms with van der Waals surface area (Å²) in [4.78, 5) is 51.3.